The van der Waals surface area contributed by atoms with Crippen molar-refractivity contribution in [3.63, 3.8) is 0 Å². The maximum atomic E-state index is 14.4. The second-order valence-electron chi connectivity index (χ2n) is 12.3. The topological polar surface area (TPSA) is 17.1 Å². The maximum Gasteiger partial charge on any atom is 0.110 e. The molecule has 0 fully saturated rings. The molecule has 0 amide bonds. The van der Waals surface area contributed by atoms with Gasteiger partial charge in [0.15, 0.2) is 0 Å². The third-order valence-electron chi connectivity index (χ3n) is 8.85. The summed E-state index contributed by atoms with van der Waals surface area (Å²) in [6, 6.07) is 60.2. The second-order valence-corrected chi connectivity index (χ2v) is 19.6. The van der Waals surface area contributed by atoms with Crippen LogP contribution in [0.1, 0.15) is 31.2 Å². The molecule has 7 rings (SSSR count). The van der Waals surface area contributed by atoms with E-state index in [-0.39, 0.29) is 19.5 Å². The third kappa shape index (κ3) is 9.80. The minimum atomic E-state index is -2.52. The predicted molar refractivity (Wildman–Crippen MR) is 226 cm³/mol. The average molecular weight is 811 g/mol. The molecule has 0 aliphatic heterocycles. The van der Waals surface area contributed by atoms with Gasteiger partial charge in [-0.15, -0.1) is 0 Å². The number of hydrogen-bond donors (Lipinski definition) is 0. The van der Waals surface area contributed by atoms with Gasteiger partial charge >= 0.3 is 0 Å². The first kappa shape index (κ1) is 38.5. The molecule has 259 valence electrons. The van der Waals surface area contributed by atoms with Gasteiger partial charge in [-0.2, -0.15) is 0 Å². The third-order valence-corrected chi connectivity index (χ3v) is 18.0. The summed E-state index contributed by atoms with van der Waals surface area (Å²) < 4.78 is 14.4. The summed E-state index contributed by atoms with van der Waals surface area (Å²) in [4.78, 5) is 0.825. The molecule has 0 bridgehead atoms. The first-order valence-corrected chi connectivity index (χ1v) is 21.9. The Morgan fingerprint density at radius 2 is 0.902 bits per heavy atom. The summed E-state index contributed by atoms with van der Waals surface area (Å²) in [5, 5.41) is 9.84. The monoisotopic (exact) mass is 810 g/mol. The van der Waals surface area contributed by atoms with Gasteiger partial charge < -0.3 is 0 Å². The summed E-state index contributed by atoms with van der Waals surface area (Å²) in [7, 11) is -2.74. The summed E-state index contributed by atoms with van der Waals surface area (Å²) in [5.74, 6) is 0. The Morgan fingerprint density at radius 1 is 0.510 bits per heavy atom. The molecule has 6 aromatic carbocycles. The summed E-state index contributed by atoms with van der Waals surface area (Å²) in [5.41, 5.74) is 1.16. The van der Waals surface area contributed by atoms with Crippen molar-refractivity contribution in [1.29, 1.82) is 0 Å². The van der Waals surface area contributed by atoms with Crippen molar-refractivity contribution in [3.05, 3.63) is 200 Å². The molecule has 1 nitrogen and oxygen atoms in total. The van der Waals surface area contributed by atoms with Crippen LogP contribution in [0.15, 0.2) is 199 Å². The Morgan fingerprint density at radius 3 is 1.35 bits per heavy atom. The van der Waals surface area contributed by atoms with Crippen LogP contribution in [0.2, 0.25) is 0 Å². The van der Waals surface area contributed by atoms with Crippen molar-refractivity contribution in [1.82, 2.24) is 0 Å². The van der Waals surface area contributed by atoms with E-state index in [0.29, 0.717) is 0 Å². The molecule has 1 aliphatic carbocycles. The Bertz CT molecular complexity index is 1970. The van der Waals surface area contributed by atoms with Crippen LogP contribution in [0, 0.1) is 6.92 Å². The van der Waals surface area contributed by atoms with Crippen molar-refractivity contribution in [3.8, 4) is 0 Å². The van der Waals surface area contributed by atoms with E-state index in [4.69, 9.17) is 0 Å². The maximum absolute atomic E-state index is 14.4. The number of hydrogen-bond acceptors (Lipinski definition) is 1. The zero-order chi connectivity index (χ0) is 34.4. The molecule has 0 heterocycles. The standard InChI is InChI=1S/C38H32OP2S.C8H12.Rh/c1-31-26-28-36(29-27-31)42(39)30-41(34-20-10-4-11-21-34,35-22-12-5-13-23-35)38-25-15-14-24-37(38)40(32-16-6-2-7-17-32)33-18-8-3-9-19-33;1-2-4-6-8-7-5-3-1;/h2-30H,1H3;1-2,7-8H,3-6H2;/p+1. The van der Waals surface area contributed by atoms with E-state index in [9.17, 15) is 4.21 Å². The molecular formula is C46H45OP2RhS+. The fraction of sp³-hybridized carbons (Fsp3) is 0.109. The normalized spacial score (nSPS) is 13.1. The molecule has 1 aliphatic rings. The first-order chi connectivity index (χ1) is 24.7. The van der Waals surface area contributed by atoms with Gasteiger partial charge in [0.25, 0.3) is 0 Å². The Kier molecular flexibility index (Phi) is 14.9. The van der Waals surface area contributed by atoms with E-state index in [1.54, 1.807) is 0 Å². The Labute approximate surface area is 321 Å². The summed E-state index contributed by atoms with van der Waals surface area (Å²) in [6.45, 7) is -0.455. The number of rotatable bonds is 8. The van der Waals surface area contributed by atoms with E-state index in [0.717, 1.165) is 10.5 Å². The first-order valence-electron chi connectivity index (χ1n) is 17.4. The number of aryl methyl sites for hydroxylation is 1. The minimum Gasteiger partial charge on any atom is -0.250 e. The van der Waals surface area contributed by atoms with Crippen LogP contribution in [0.5, 0.6) is 0 Å². The Hall–Kier alpha value is -3.70. The predicted octanol–water partition coefficient (Wildman–Crippen LogP) is 9.02. The van der Waals surface area contributed by atoms with Crippen molar-refractivity contribution in [2.24, 2.45) is 0 Å². The average Bonchev–Trinajstić information content (AvgIpc) is 3.16. The van der Waals surface area contributed by atoms with Crippen LogP contribution in [0.3, 0.4) is 0 Å². The zero-order valence-corrected chi connectivity index (χ0v) is 33.3. The Balaban J connectivity index is 0.000000496. The molecular weight excluding hydrogens is 765 g/mol. The molecule has 51 heavy (non-hydrogen) atoms. The molecule has 0 saturated heterocycles. The van der Waals surface area contributed by atoms with Crippen molar-refractivity contribution < 1.29 is 23.7 Å². The van der Waals surface area contributed by atoms with Crippen molar-refractivity contribution in [2.45, 2.75) is 37.5 Å². The van der Waals surface area contributed by atoms with E-state index >= 15 is 0 Å². The van der Waals surface area contributed by atoms with Crippen LogP contribution in [-0.4, -0.2) is 9.34 Å². The minimum absolute atomic E-state index is 0. The van der Waals surface area contributed by atoms with Crippen LogP contribution in [-0.2, 0) is 30.3 Å². The zero-order valence-electron chi connectivity index (χ0n) is 29.0. The molecule has 1 radical (unpaired) electrons. The molecule has 0 saturated carbocycles. The van der Waals surface area contributed by atoms with Crippen LogP contribution < -0.4 is 31.8 Å². The number of benzene rings is 6. The molecule has 5 heteroatoms. The molecule has 0 N–H and O–H groups in total. The molecule has 0 aromatic heterocycles. The largest absolute Gasteiger partial charge is 0.250 e. The van der Waals surface area contributed by atoms with Crippen molar-refractivity contribution >= 4 is 62.6 Å². The summed E-state index contributed by atoms with van der Waals surface area (Å²) in [6.07, 6.45) is 14.0. The fourth-order valence-electron chi connectivity index (χ4n) is 6.35. The molecule has 1 unspecified atom stereocenters. The molecule has 6 aromatic rings. The van der Waals surface area contributed by atoms with Crippen LogP contribution in [0.25, 0.3) is 0 Å². The van der Waals surface area contributed by atoms with Gasteiger partial charge in [-0.1, -0.05) is 151 Å². The molecule has 0 spiro atoms. The smallest absolute Gasteiger partial charge is 0.110 e. The fourth-order valence-corrected chi connectivity index (χ4v) is 16.2. The molecule has 1 atom stereocenters. The van der Waals surface area contributed by atoms with E-state index in [1.165, 1.54) is 57.5 Å². The second kappa shape index (κ2) is 19.8. The SMILES string of the molecule is C1=CCCC=CCC1.Cc1ccc(S(=O)C=P(c2ccccc2)(c2ccccc2)c2ccccc2[PH+](c2ccccc2)c2ccccc2)cc1.[Rh]. The van der Waals surface area contributed by atoms with Gasteiger partial charge in [0.05, 0.1) is 18.7 Å². The van der Waals surface area contributed by atoms with Gasteiger partial charge in [-0.05, 0) is 98.6 Å². The van der Waals surface area contributed by atoms with Gasteiger partial charge in [0.1, 0.15) is 15.9 Å². The summed E-state index contributed by atoms with van der Waals surface area (Å²) >= 11 is 0. The van der Waals surface area contributed by atoms with E-state index in [1.807, 2.05) is 24.3 Å². The van der Waals surface area contributed by atoms with E-state index < -0.39 is 25.6 Å². The quantitative estimate of drug-likeness (QED) is 0.0853. The van der Waals surface area contributed by atoms with Gasteiger partial charge in [0.2, 0.25) is 0 Å². The van der Waals surface area contributed by atoms with Crippen LogP contribution >= 0.6 is 14.8 Å². The van der Waals surface area contributed by atoms with Gasteiger partial charge in [-0.3, -0.25) is 0 Å². The van der Waals surface area contributed by atoms with Gasteiger partial charge in [0, 0.05) is 34.8 Å². The van der Waals surface area contributed by atoms with E-state index in [2.05, 4.69) is 182 Å². The number of allylic oxidation sites excluding steroid dienone is 4. The van der Waals surface area contributed by atoms with Gasteiger partial charge in [-0.25, -0.2) is 4.21 Å². The van der Waals surface area contributed by atoms with Crippen molar-refractivity contribution in [2.75, 3.05) is 0 Å². The van der Waals surface area contributed by atoms with Crippen LogP contribution in [0.4, 0.5) is 0 Å².